The van der Waals surface area contributed by atoms with Crippen LogP contribution in [0.1, 0.15) is 78.6 Å². The molecule has 0 radical (unpaired) electrons. The summed E-state index contributed by atoms with van der Waals surface area (Å²) in [5.41, 5.74) is 2.57. The Morgan fingerprint density at radius 1 is 1.05 bits per heavy atom. The third-order valence-electron chi connectivity index (χ3n) is 3.73. The summed E-state index contributed by atoms with van der Waals surface area (Å²) in [5.74, 6) is 0.766. The highest BCUT2D eigenvalue weighted by atomic mass is 14.9. The zero-order valence-corrected chi connectivity index (χ0v) is 13.6. The van der Waals surface area contributed by atoms with E-state index in [-0.39, 0.29) is 0 Å². The van der Waals surface area contributed by atoms with Crippen molar-refractivity contribution < 1.29 is 0 Å². The molecule has 1 heteroatoms. The highest BCUT2D eigenvalue weighted by molar-refractivity contribution is 4.95. The SMILES string of the molecule is C=C(CC)CCCNC(=C)CC(C)CCCCCC. The fourth-order valence-electron chi connectivity index (χ4n) is 2.29. The lowest BCUT2D eigenvalue weighted by Crippen LogP contribution is -2.16. The van der Waals surface area contributed by atoms with Crippen LogP contribution in [-0.4, -0.2) is 6.54 Å². The summed E-state index contributed by atoms with van der Waals surface area (Å²) in [4.78, 5) is 0. The summed E-state index contributed by atoms with van der Waals surface area (Å²) >= 11 is 0. The molecule has 0 aromatic carbocycles. The topological polar surface area (TPSA) is 12.0 Å². The molecule has 19 heavy (non-hydrogen) atoms. The van der Waals surface area contributed by atoms with E-state index in [1.807, 2.05) is 0 Å². The van der Waals surface area contributed by atoms with Crippen molar-refractivity contribution in [2.24, 2.45) is 5.92 Å². The number of hydrogen-bond acceptors (Lipinski definition) is 1. The van der Waals surface area contributed by atoms with Crippen LogP contribution in [0.25, 0.3) is 0 Å². The van der Waals surface area contributed by atoms with Crippen LogP contribution in [0, 0.1) is 5.92 Å². The van der Waals surface area contributed by atoms with Crippen LogP contribution < -0.4 is 5.32 Å². The van der Waals surface area contributed by atoms with E-state index in [1.54, 1.807) is 0 Å². The number of unbranched alkanes of at least 4 members (excludes halogenated alkanes) is 3. The highest BCUT2D eigenvalue weighted by Gasteiger charge is 2.04. The lowest BCUT2D eigenvalue weighted by Gasteiger charge is -2.15. The third kappa shape index (κ3) is 12.1. The van der Waals surface area contributed by atoms with Crippen molar-refractivity contribution in [1.82, 2.24) is 5.32 Å². The standard InChI is InChI=1S/C18H35N/c1-6-8-9-10-12-17(4)15-18(5)19-14-11-13-16(3)7-2/h17,19H,3,5-15H2,1-2,4H3. The van der Waals surface area contributed by atoms with Crippen LogP contribution in [0.3, 0.4) is 0 Å². The molecule has 0 heterocycles. The molecule has 0 aliphatic carbocycles. The molecule has 0 spiro atoms. The minimum atomic E-state index is 0.766. The van der Waals surface area contributed by atoms with Crippen LogP contribution in [0.4, 0.5) is 0 Å². The van der Waals surface area contributed by atoms with Crippen LogP contribution in [0.5, 0.6) is 0 Å². The molecule has 1 nitrogen and oxygen atoms in total. The van der Waals surface area contributed by atoms with Crippen molar-refractivity contribution in [3.63, 3.8) is 0 Å². The van der Waals surface area contributed by atoms with Crippen molar-refractivity contribution in [3.8, 4) is 0 Å². The van der Waals surface area contributed by atoms with Gasteiger partial charge in [-0.25, -0.2) is 0 Å². The molecule has 1 atom stereocenters. The van der Waals surface area contributed by atoms with E-state index in [0.29, 0.717) is 0 Å². The molecule has 0 rings (SSSR count). The van der Waals surface area contributed by atoms with Gasteiger partial charge in [0.15, 0.2) is 0 Å². The van der Waals surface area contributed by atoms with Crippen molar-refractivity contribution >= 4 is 0 Å². The summed E-state index contributed by atoms with van der Waals surface area (Å²) in [6, 6.07) is 0. The number of hydrogen-bond donors (Lipinski definition) is 1. The smallest absolute Gasteiger partial charge is 0.0146 e. The van der Waals surface area contributed by atoms with Gasteiger partial charge in [0.2, 0.25) is 0 Å². The van der Waals surface area contributed by atoms with Gasteiger partial charge in [-0.05, 0) is 31.6 Å². The van der Waals surface area contributed by atoms with E-state index in [4.69, 9.17) is 0 Å². The first kappa shape index (κ1) is 18.3. The van der Waals surface area contributed by atoms with Crippen molar-refractivity contribution in [2.75, 3.05) is 6.54 Å². The minimum Gasteiger partial charge on any atom is -0.389 e. The summed E-state index contributed by atoms with van der Waals surface area (Å²) in [6.45, 7) is 16.0. The molecule has 112 valence electrons. The molecule has 0 saturated carbocycles. The Morgan fingerprint density at radius 2 is 1.79 bits per heavy atom. The second kappa shape index (κ2) is 12.3. The first-order chi connectivity index (χ1) is 9.10. The minimum absolute atomic E-state index is 0.766. The van der Waals surface area contributed by atoms with Gasteiger partial charge in [0.05, 0.1) is 0 Å². The van der Waals surface area contributed by atoms with Gasteiger partial charge in [-0.2, -0.15) is 0 Å². The Bertz CT molecular complexity index is 242. The maximum absolute atomic E-state index is 4.14. The second-order valence-electron chi connectivity index (χ2n) is 5.90. The van der Waals surface area contributed by atoms with Gasteiger partial charge < -0.3 is 5.32 Å². The van der Waals surface area contributed by atoms with Gasteiger partial charge in [0.25, 0.3) is 0 Å². The first-order valence-corrected chi connectivity index (χ1v) is 8.18. The summed E-state index contributed by atoms with van der Waals surface area (Å²) in [7, 11) is 0. The quantitative estimate of drug-likeness (QED) is 0.326. The summed E-state index contributed by atoms with van der Waals surface area (Å²) in [6.07, 6.45) is 11.4. The molecule has 0 bridgehead atoms. The predicted octanol–water partition coefficient (Wildman–Crippen LogP) is 5.83. The largest absolute Gasteiger partial charge is 0.389 e. The second-order valence-corrected chi connectivity index (χ2v) is 5.90. The fourth-order valence-corrected chi connectivity index (χ4v) is 2.29. The van der Waals surface area contributed by atoms with E-state index in [2.05, 4.69) is 39.2 Å². The molecule has 0 fully saturated rings. The number of nitrogens with one attached hydrogen (secondary N) is 1. The van der Waals surface area contributed by atoms with Crippen molar-refractivity contribution in [1.29, 1.82) is 0 Å². The molecule has 0 aliphatic heterocycles. The maximum atomic E-state index is 4.14. The van der Waals surface area contributed by atoms with Gasteiger partial charge in [-0.3, -0.25) is 0 Å². The number of allylic oxidation sites excluding steroid dienone is 2. The lowest BCUT2D eigenvalue weighted by molar-refractivity contribution is 0.474. The van der Waals surface area contributed by atoms with Crippen LogP contribution >= 0.6 is 0 Å². The average Bonchev–Trinajstić information content (AvgIpc) is 2.39. The molecular weight excluding hydrogens is 230 g/mol. The van der Waals surface area contributed by atoms with Gasteiger partial charge in [-0.1, -0.05) is 71.6 Å². The average molecular weight is 265 g/mol. The number of rotatable bonds is 13. The van der Waals surface area contributed by atoms with Crippen LogP contribution in [0.15, 0.2) is 24.4 Å². The monoisotopic (exact) mass is 265 g/mol. The van der Waals surface area contributed by atoms with Crippen molar-refractivity contribution in [2.45, 2.75) is 78.6 Å². The van der Waals surface area contributed by atoms with Gasteiger partial charge in [0.1, 0.15) is 0 Å². The van der Waals surface area contributed by atoms with E-state index in [9.17, 15) is 0 Å². The molecule has 0 aromatic heterocycles. The molecular formula is C18H35N. The fraction of sp³-hybridized carbons (Fsp3) is 0.778. The first-order valence-electron chi connectivity index (χ1n) is 8.18. The predicted molar refractivity (Wildman–Crippen MR) is 88.3 cm³/mol. The Morgan fingerprint density at radius 3 is 2.42 bits per heavy atom. The van der Waals surface area contributed by atoms with Gasteiger partial charge >= 0.3 is 0 Å². The zero-order valence-electron chi connectivity index (χ0n) is 13.6. The molecule has 0 amide bonds. The summed E-state index contributed by atoms with van der Waals surface area (Å²) in [5, 5.41) is 3.46. The lowest BCUT2D eigenvalue weighted by atomic mass is 9.98. The van der Waals surface area contributed by atoms with E-state index in [0.717, 1.165) is 31.7 Å². The van der Waals surface area contributed by atoms with Crippen LogP contribution in [0.2, 0.25) is 0 Å². The van der Waals surface area contributed by atoms with Crippen molar-refractivity contribution in [3.05, 3.63) is 24.4 Å². The Labute approximate surface area is 121 Å². The molecule has 1 N–H and O–H groups in total. The molecule has 0 saturated heterocycles. The zero-order chi connectivity index (χ0) is 14.5. The Balaban J connectivity index is 3.48. The van der Waals surface area contributed by atoms with Crippen LogP contribution in [-0.2, 0) is 0 Å². The summed E-state index contributed by atoms with van der Waals surface area (Å²) < 4.78 is 0. The van der Waals surface area contributed by atoms with E-state index < -0.39 is 0 Å². The maximum Gasteiger partial charge on any atom is 0.0146 e. The molecule has 0 aliphatic rings. The van der Waals surface area contributed by atoms with E-state index >= 15 is 0 Å². The molecule has 0 aromatic rings. The van der Waals surface area contributed by atoms with E-state index in [1.165, 1.54) is 49.8 Å². The van der Waals surface area contributed by atoms with Gasteiger partial charge in [0, 0.05) is 12.2 Å². The third-order valence-corrected chi connectivity index (χ3v) is 3.73. The highest BCUT2D eigenvalue weighted by Crippen LogP contribution is 2.16. The normalized spacial score (nSPS) is 12.2. The van der Waals surface area contributed by atoms with Gasteiger partial charge in [-0.15, -0.1) is 0 Å². The molecule has 1 unspecified atom stereocenters. The Kier molecular flexibility index (Phi) is 11.9. The Hall–Kier alpha value is -0.720.